The average molecular weight is 276 g/mol. The zero-order valence-corrected chi connectivity index (χ0v) is 13.1. The molecular formula is C16H28N4. The molecule has 2 rings (SSSR count). The Hall–Kier alpha value is -1.13. The minimum absolute atomic E-state index is 0.624. The molecule has 0 bridgehead atoms. The summed E-state index contributed by atoms with van der Waals surface area (Å²) in [7, 11) is 4.31. The lowest BCUT2D eigenvalue weighted by Crippen LogP contribution is -2.38. The lowest BCUT2D eigenvalue weighted by molar-refractivity contribution is 0.372. The summed E-state index contributed by atoms with van der Waals surface area (Å²) in [5.41, 5.74) is 2.69. The van der Waals surface area contributed by atoms with Gasteiger partial charge in [-0.3, -0.25) is 4.98 Å². The van der Waals surface area contributed by atoms with Gasteiger partial charge in [-0.1, -0.05) is 6.92 Å². The molecule has 0 radical (unpaired) electrons. The third-order valence-corrected chi connectivity index (χ3v) is 3.89. The highest BCUT2D eigenvalue weighted by Crippen LogP contribution is 2.28. The van der Waals surface area contributed by atoms with E-state index in [9.17, 15) is 0 Å². The molecule has 1 fully saturated rings. The number of anilines is 1. The fraction of sp³-hybridized carbons (Fsp3) is 0.688. The first-order valence-electron chi connectivity index (χ1n) is 7.77. The molecule has 1 aromatic heterocycles. The van der Waals surface area contributed by atoms with Crippen LogP contribution in [0.25, 0.3) is 0 Å². The predicted molar refractivity (Wildman–Crippen MR) is 85.2 cm³/mol. The average Bonchev–Trinajstić information content (AvgIpc) is 2.87. The molecule has 0 aromatic carbocycles. The van der Waals surface area contributed by atoms with Crippen molar-refractivity contribution in [3.8, 4) is 0 Å². The molecule has 0 amide bonds. The van der Waals surface area contributed by atoms with Crippen LogP contribution in [0.1, 0.15) is 31.7 Å². The second kappa shape index (κ2) is 7.60. The van der Waals surface area contributed by atoms with Gasteiger partial charge in [0, 0.05) is 31.9 Å². The maximum absolute atomic E-state index is 4.35. The number of hydrogen-bond acceptors (Lipinski definition) is 4. The van der Waals surface area contributed by atoms with Crippen molar-refractivity contribution in [1.82, 2.24) is 15.2 Å². The summed E-state index contributed by atoms with van der Waals surface area (Å²) in [6.45, 7) is 6.50. The van der Waals surface area contributed by atoms with Crippen LogP contribution in [0.3, 0.4) is 0 Å². The second-order valence-corrected chi connectivity index (χ2v) is 5.93. The number of nitrogens with one attached hydrogen (secondary N) is 1. The molecule has 4 heteroatoms. The Bertz CT molecular complexity index is 405. The van der Waals surface area contributed by atoms with Crippen LogP contribution in [0.15, 0.2) is 18.5 Å². The van der Waals surface area contributed by atoms with Crippen molar-refractivity contribution in [2.24, 2.45) is 0 Å². The van der Waals surface area contributed by atoms with Crippen molar-refractivity contribution in [3.63, 3.8) is 0 Å². The third kappa shape index (κ3) is 3.93. The van der Waals surface area contributed by atoms with Gasteiger partial charge in [-0.15, -0.1) is 0 Å². The van der Waals surface area contributed by atoms with E-state index in [2.05, 4.69) is 47.2 Å². The van der Waals surface area contributed by atoms with Crippen molar-refractivity contribution >= 4 is 5.69 Å². The van der Waals surface area contributed by atoms with Gasteiger partial charge in [-0.05, 0) is 51.5 Å². The van der Waals surface area contributed by atoms with Crippen molar-refractivity contribution in [3.05, 3.63) is 24.0 Å². The van der Waals surface area contributed by atoms with Crippen molar-refractivity contribution in [2.45, 2.75) is 38.8 Å². The van der Waals surface area contributed by atoms with Crippen LogP contribution in [-0.2, 0) is 6.54 Å². The van der Waals surface area contributed by atoms with Crippen LogP contribution in [0.4, 0.5) is 5.69 Å². The van der Waals surface area contributed by atoms with E-state index in [0.717, 1.165) is 26.2 Å². The molecule has 0 saturated carbocycles. The molecule has 4 nitrogen and oxygen atoms in total. The Balaban J connectivity index is 2.10. The largest absolute Gasteiger partial charge is 0.366 e. The van der Waals surface area contributed by atoms with Gasteiger partial charge < -0.3 is 15.1 Å². The number of hydrogen-bond donors (Lipinski definition) is 1. The number of nitrogens with zero attached hydrogens (tertiary/aromatic N) is 3. The van der Waals surface area contributed by atoms with E-state index in [1.54, 1.807) is 0 Å². The molecule has 1 aliphatic heterocycles. The Morgan fingerprint density at radius 1 is 1.45 bits per heavy atom. The highest BCUT2D eigenvalue weighted by Gasteiger charge is 2.26. The summed E-state index contributed by atoms with van der Waals surface area (Å²) in [6.07, 6.45) is 7.69. The van der Waals surface area contributed by atoms with E-state index >= 15 is 0 Å². The third-order valence-electron chi connectivity index (χ3n) is 3.89. The number of pyridine rings is 1. The van der Waals surface area contributed by atoms with E-state index in [0.29, 0.717) is 6.04 Å². The van der Waals surface area contributed by atoms with Gasteiger partial charge in [-0.2, -0.15) is 0 Å². The van der Waals surface area contributed by atoms with E-state index in [1.165, 1.54) is 30.5 Å². The van der Waals surface area contributed by atoms with Gasteiger partial charge >= 0.3 is 0 Å². The van der Waals surface area contributed by atoms with Gasteiger partial charge in [0.15, 0.2) is 0 Å². The molecule has 1 aromatic rings. The molecule has 1 atom stereocenters. The maximum atomic E-state index is 4.35. The summed E-state index contributed by atoms with van der Waals surface area (Å²) in [6, 6.07) is 2.78. The molecule has 1 N–H and O–H groups in total. The van der Waals surface area contributed by atoms with Crippen molar-refractivity contribution in [2.75, 3.05) is 38.6 Å². The second-order valence-electron chi connectivity index (χ2n) is 5.93. The fourth-order valence-electron chi connectivity index (χ4n) is 2.99. The smallest absolute Gasteiger partial charge is 0.0601 e. The van der Waals surface area contributed by atoms with E-state index in [4.69, 9.17) is 0 Å². The Kier molecular flexibility index (Phi) is 5.80. The monoisotopic (exact) mass is 276 g/mol. The summed E-state index contributed by atoms with van der Waals surface area (Å²) in [4.78, 5) is 9.19. The normalized spacial score (nSPS) is 19.0. The zero-order valence-electron chi connectivity index (χ0n) is 13.1. The number of aromatic nitrogens is 1. The highest BCUT2D eigenvalue weighted by molar-refractivity contribution is 5.53. The van der Waals surface area contributed by atoms with Crippen molar-refractivity contribution < 1.29 is 0 Å². The van der Waals surface area contributed by atoms with Gasteiger partial charge in [0.25, 0.3) is 0 Å². The van der Waals surface area contributed by atoms with Gasteiger partial charge in [-0.25, -0.2) is 0 Å². The van der Waals surface area contributed by atoms with E-state index < -0.39 is 0 Å². The molecule has 2 heterocycles. The Labute approximate surface area is 123 Å². The molecule has 20 heavy (non-hydrogen) atoms. The minimum Gasteiger partial charge on any atom is -0.366 e. The first-order chi connectivity index (χ1) is 9.72. The molecule has 112 valence electrons. The molecule has 1 aliphatic rings. The first-order valence-corrected chi connectivity index (χ1v) is 7.77. The summed E-state index contributed by atoms with van der Waals surface area (Å²) in [5.74, 6) is 0. The molecule has 1 saturated heterocycles. The minimum atomic E-state index is 0.624. The van der Waals surface area contributed by atoms with Crippen LogP contribution in [0.2, 0.25) is 0 Å². The van der Waals surface area contributed by atoms with Gasteiger partial charge in [0.05, 0.1) is 11.9 Å². The SMILES string of the molecule is CCCNCc1ccncc1N1CCCC1CN(C)C. The Morgan fingerprint density at radius 3 is 3.05 bits per heavy atom. The fourth-order valence-corrected chi connectivity index (χ4v) is 2.99. The molecule has 1 unspecified atom stereocenters. The molecule has 0 spiro atoms. The summed E-state index contributed by atoms with van der Waals surface area (Å²) < 4.78 is 0. The van der Waals surface area contributed by atoms with Gasteiger partial charge in [0.1, 0.15) is 0 Å². The number of rotatable bonds is 7. The van der Waals surface area contributed by atoms with Crippen LogP contribution >= 0.6 is 0 Å². The van der Waals surface area contributed by atoms with Crippen LogP contribution in [0, 0.1) is 0 Å². The van der Waals surface area contributed by atoms with Crippen LogP contribution in [-0.4, -0.2) is 49.7 Å². The lowest BCUT2D eigenvalue weighted by Gasteiger charge is -2.30. The summed E-state index contributed by atoms with van der Waals surface area (Å²) >= 11 is 0. The van der Waals surface area contributed by atoms with E-state index in [-0.39, 0.29) is 0 Å². The topological polar surface area (TPSA) is 31.4 Å². The van der Waals surface area contributed by atoms with E-state index in [1.807, 2.05) is 12.4 Å². The molecule has 0 aliphatic carbocycles. The lowest BCUT2D eigenvalue weighted by atomic mass is 10.1. The van der Waals surface area contributed by atoms with Crippen molar-refractivity contribution in [1.29, 1.82) is 0 Å². The standard InChI is InChI=1S/C16H28N4/c1-4-8-17-11-14-7-9-18-12-16(14)20-10-5-6-15(20)13-19(2)3/h7,9,12,15,17H,4-6,8,10-11,13H2,1-3H3. The number of likely N-dealkylation sites (N-methyl/N-ethyl adjacent to an activating group) is 1. The van der Waals surface area contributed by atoms with Gasteiger partial charge in [0.2, 0.25) is 0 Å². The van der Waals surface area contributed by atoms with Crippen LogP contribution < -0.4 is 10.2 Å². The maximum Gasteiger partial charge on any atom is 0.0601 e. The van der Waals surface area contributed by atoms with Crippen LogP contribution in [0.5, 0.6) is 0 Å². The predicted octanol–water partition coefficient (Wildman–Crippen LogP) is 2.11. The Morgan fingerprint density at radius 2 is 2.30 bits per heavy atom. The highest BCUT2D eigenvalue weighted by atomic mass is 15.2. The summed E-state index contributed by atoms with van der Waals surface area (Å²) in [5, 5.41) is 3.51. The zero-order chi connectivity index (χ0) is 14.4. The molecular weight excluding hydrogens is 248 g/mol. The first kappa shape index (κ1) is 15.3. The quantitative estimate of drug-likeness (QED) is 0.773.